The Morgan fingerprint density at radius 3 is 2.36 bits per heavy atom. The van der Waals surface area contributed by atoms with Crippen LogP contribution >= 0.6 is 0 Å². The lowest BCUT2D eigenvalue weighted by Gasteiger charge is -2.27. The van der Waals surface area contributed by atoms with E-state index in [9.17, 15) is 18.7 Å². The second-order valence-corrected chi connectivity index (χ2v) is 11.3. The summed E-state index contributed by atoms with van der Waals surface area (Å²) < 4.78 is 27.3. The highest BCUT2D eigenvalue weighted by Gasteiger charge is 2.23. The number of piperidine rings is 1. The molecular weight excluding hydrogens is 460 g/mol. The Kier molecular flexibility index (Phi) is 10.00. The summed E-state index contributed by atoms with van der Waals surface area (Å²) in [5, 5.41) is 20.4. The predicted octanol–water partition coefficient (Wildman–Crippen LogP) is 4.22. The number of benzene rings is 2. The lowest BCUT2D eigenvalue weighted by molar-refractivity contribution is -0.120. The second kappa shape index (κ2) is 12.7. The SMILES string of the molecule is CC(=O)NC(Cc1cc(F)cc(F)c1)C(O)CNCc1cc(CC(C)(C)C)ccc1C1CCNCC1. The summed E-state index contributed by atoms with van der Waals surface area (Å²) >= 11 is 0. The quantitative estimate of drug-likeness (QED) is 0.393. The maximum Gasteiger partial charge on any atom is 0.217 e. The second-order valence-electron chi connectivity index (χ2n) is 11.3. The number of hydrogen-bond donors (Lipinski definition) is 4. The van der Waals surface area contributed by atoms with Crippen LogP contribution in [0.4, 0.5) is 8.78 Å². The largest absolute Gasteiger partial charge is 0.390 e. The minimum atomic E-state index is -0.930. The van der Waals surface area contributed by atoms with Gasteiger partial charge in [0.25, 0.3) is 0 Å². The Bertz CT molecular complexity index is 996. The van der Waals surface area contributed by atoms with Gasteiger partial charge < -0.3 is 21.1 Å². The smallest absolute Gasteiger partial charge is 0.217 e. The summed E-state index contributed by atoms with van der Waals surface area (Å²) in [6.07, 6.45) is 2.37. The molecule has 0 radical (unpaired) electrons. The molecule has 2 aromatic rings. The molecule has 198 valence electrons. The van der Waals surface area contributed by atoms with Crippen molar-refractivity contribution < 1.29 is 18.7 Å². The summed E-state index contributed by atoms with van der Waals surface area (Å²) in [5.41, 5.74) is 4.44. The van der Waals surface area contributed by atoms with E-state index >= 15 is 0 Å². The summed E-state index contributed by atoms with van der Waals surface area (Å²) in [6.45, 7) is 10.9. The molecule has 3 rings (SSSR count). The van der Waals surface area contributed by atoms with Crippen LogP contribution in [0.25, 0.3) is 0 Å². The van der Waals surface area contributed by atoms with Gasteiger partial charge in [-0.2, -0.15) is 0 Å². The van der Waals surface area contributed by atoms with Gasteiger partial charge in [-0.05, 0) is 84.5 Å². The number of amides is 1. The fourth-order valence-electron chi connectivity index (χ4n) is 5.09. The van der Waals surface area contributed by atoms with Gasteiger partial charge in [0.1, 0.15) is 11.6 Å². The molecule has 1 aliphatic heterocycles. The van der Waals surface area contributed by atoms with Crippen molar-refractivity contribution in [2.45, 2.75) is 78.0 Å². The third-order valence-corrected chi connectivity index (χ3v) is 6.62. The standard InChI is InChI=1S/C29H41F2N3O2/c1-19(35)34-27(14-21-12-24(30)15-25(31)13-21)28(36)18-33-17-23-11-20(16-29(2,3)4)5-6-26(23)22-7-9-32-10-8-22/h5-6,11-13,15,22,27-28,32-33,36H,7-10,14,16-18H2,1-4H3,(H,34,35). The molecular formula is C29H41F2N3O2. The molecule has 2 atom stereocenters. The molecule has 0 spiro atoms. The van der Waals surface area contributed by atoms with E-state index in [2.05, 4.69) is 54.9 Å². The maximum atomic E-state index is 13.7. The van der Waals surface area contributed by atoms with Gasteiger partial charge in [-0.15, -0.1) is 0 Å². The Hall–Kier alpha value is -2.35. The van der Waals surface area contributed by atoms with Crippen molar-refractivity contribution in [3.63, 3.8) is 0 Å². The molecule has 4 N–H and O–H groups in total. The first kappa shape index (κ1) is 28.2. The number of aliphatic hydroxyl groups excluding tert-OH is 1. The fourth-order valence-corrected chi connectivity index (χ4v) is 5.09. The van der Waals surface area contributed by atoms with Crippen LogP contribution in [0.5, 0.6) is 0 Å². The van der Waals surface area contributed by atoms with Crippen LogP contribution < -0.4 is 16.0 Å². The first-order valence-electron chi connectivity index (χ1n) is 12.9. The summed E-state index contributed by atoms with van der Waals surface area (Å²) in [7, 11) is 0. The van der Waals surface area contributed by atoms with Crippen molar-refractivity contribution in [1.29, 1.82) is 0 Å². The zero-order chi connectivity index (χ0) is 26.3. The zero-order valence-electron chi connectivity index (χ0n) is 22.0. The predicted molar refractivity (Wildman–Crippen MR) is 140 cm³/mol. The van der Waals surface area contributed by atoms with Crippen molar-refractivity contribution in [3.05, 3.63) is 70.3 Å². The van der Waals surface area contributed by atoms with E-state index in [4.69, 9.17) is 0 Å². The Morgan fingerprint density at radius 2 is 1.75 bits per heavy atom. The Labute approximate surface area is 214 Å². The van der Waals surface area contributed by atoms with E-state index in [1.807, 2.05) is 0 Å². The molecule has 36 heavy (non-hydrogen) atoms. The fraction of sp³-hybridized carbons (Fsp3) is 0.552. The number of carbonyl (C=O) groups excluding carboxylic acids is 1. The average molecular weight is 502 g/mol. The van der Waals surface area contributed by atoms with Gasteiger partial charge in [-0.25, -0.2) is 8.78 Å². The monoisotopic (exact) mass is 501 g/mol. The molecule has 5 nitrogen and oxygen atoms in total. The van der Waals surface area contributed by atoms with E-state index in [0.29, 0.717) is 18.0 Å². The van der Waals surface area contributed by atoms with Gasteiger partial charge in [0.2, 0.25) is 5.91 Å². The highest BCUT2D eigenvalue weighted by atomic mass is 19.1. The van der Waals surface area contributed by atoms with Crippen molar-refractivity contribution in [2.75, 3.05) is 19.6 Å². The van der Waals surface area contributed by atoms with Crippen molar-refractivity contribution in [1.82, 2.24) is 16.0 Å². The highest BCUT2D eigenvalue weighted by molar-refractivity contribution is 5.73. The van der Waals surface area contributed by atoms with Gasteiger partial charge >= 0.3 is 0 Å². The first-order chi connectivity index (χ1) is 17.0. The number of carbonyl (C=O) groups is 1. The number of rotatable bonds is 10. The summed E-state index contributed by atoms with van der Waals surface area (Å²) in [4.78, 5) is 11.8. The van der Waals surface area contributed by atoms with Crippen molar-refractivity contribution in [3.8, 4) is 0 Å². The molecule has 0 aliphatic carbocycles. The summed E-state index contributed by atoms with van der Waals surface area (Å²) in [5.74, 6) is -1.16. The van der Waals surface area contributed by atoms with Crippen LogP contribution in [0.3, 0.4) is 0 Å². The molecule has 1 fully saturated rings. The van der Waals surface area contributed by atoms with Gasteiger partial charge in [0, 0.05) is 26.1 Å². The molecule has 0 bridgehead atoms. The minimum Gasteiger partial charge on any atom is -0.390 e. The number of hydrogen-bond acceptors (Lipinski definition) is 4. The van der Waals surface area contributed by atoms with Gasteiger partial charge in [-0.3, -0.25) is 4.79 Å². The highest BCUT2D eigenvalue weighted by Crippen LogP contribution is 2.30. The van der Waals surface area contributed by atoms with Gasteiger partial charge in [0.15, 0.2) is 0 Å². The van der Waals surface area contributed by atoms with E-state index in [-0.39, 0.29) is 24.3 Å². The molecule has 0 saturated carbocycles. The minimum absolute atomic E-state index is 0.124. The Balaban J connectivity index is 1.71. The Morgan fingerprint density at radius 1 is 1.08 bits per heavy atom. The van der Waals surface area contributed by atoms with Gasteiger partial charge in [-0.1, -0.05) is 39.0 Å². The molecule has 2 aromatic carbocycles. The molecule has 1 heterocycles. The normalized spacial score (nSPS) is 16.5. The van der Waals surface area contributed by atoms with Crippen molar-refractivity contribution in [2.24, 2.45) is 5.41 Å². The molecule has 0 aromatic heterocycles. The molecule has 2 unspecified atom stereocenters. The van der Waals surface area contributed by atoms with E-state index < -0.39 is 23.8 Å². The van der Waals surface area contributed by atoms with Crippen LogP contribution in [0.15, 0.2) is 36.4 Å². The number of aliphatic hydroxyl groups is 1. The number of halogens is 2. The van der Waals surface area contributed by atoms with Crippen molar-refractivity contribution >= 4 is 5.91 Å². The van der Waals surface area contributed by atoms with Crippen LogP contribution in [-0.4, -0.2) is 42.8 Å². The molecule has 1 saturated heterocycles. The zero-order valence-corrected chi connectivity index (χ0v) is 22.0. The van der Waals surface area contributed by atoms with E-state index in [1.165, 1.54) is 35.7 Å². The van der Waals surface area contributed by atoms with Crippen LogP contribution in [-0.2, 0) is 24.2 Å². The first-order valence-corrected chi connectivity index (χ1v) is 12.9. The maximum absolute atomic E-state index is 13.7. The number of nitrogens with one attached hydrogen (secondary N) is 3. The van der Waals surface area contributed by atoms with Crippen LogP contribution in [0.1, 0.15) is 68.7 Å². The topological polar surface area (TPSA) is 73.4 Å². The van der Waals surface area contributed by atoms with Crippen LogP contribution in [0, 0.1) is 17.0 Å². The lowest BCUT2D eigenvalue weighted by Crippen LogP contribution is -2.48. The summed E-state index contributed by atoms with van der Waals surface area (Å²) in [6, 6.07) is 9.38. The third kappa shape index (κ3) is 8.95. The van der Waals surface area contributed by atoms with E-state index in [1.54, 1.807) is 0 Å². The molecule has 7 heteroatoms. The third-order valence-electron chi connectivity index (χ3n) is 6.62. The molecule has 1 aliphatic rings. The lowest BCUT2D eigenvalue weighted by atomic mass is 9.83. The van der Waals surface area contributed by atoms with Crippen LogP contribution in [0.2, 0.25) is 0 Å². The average Bonchev–Trinajstić information content (AvgIpc) is 2.77. The van der Waals surface area contributed by atoms with Gasteiger partial charge in [0.05, 0.1) is 12.1 Å². The van der Waals surface area contributed by atoms with E-state index in [0.717, 1.165) is 38.4 Å². The molecule has 1 amide bonds.